The lowest BCUT2D eigenvalue weighted by molar-refractivity contribution is 0.591. The van der Waals surface area contributed by atoms with Gasteiger partial charge >= 0.3 is 0 Å². The third kappa shape index (κ3) is 4.46. The third-order valence-electron chi connectivity index (χ3n) is 9.60. The predicted molar refractivity (Wildman–Crippen MR) is 197 cm³/mol. The Bertz CT molecular complexity index is 2370. The minimum Gasteiger partial charge on any atom is -0.309 e. The maximum atomic E-state index is 15.5. The summed E-state index contributed by atoms with van der Waals surface area (Å²) in [5.74, 6) is 1.92. The standard InChI is InChI=1S/C42H30N3OPS/c1-42(2)33-24-29(41-44-39(27-14-6-3-7-15-27)43-40(45-41)28-16-8-4-9-17-28)22-23-31(33)32-25-38-36(26-34(32)42)47(46,30-18-10-5-11-19-30)35-20-12-13-21-37(35)48-38/h3-26H,1-2H3. The first kappa shape index (κ1) is 29.1. The Labute approximate surface area is 284 Å². The van der Waals surface area contributed by atoms with Gasteiger partial charge in [0.1, 0.15) is 0 Å². The largest absolute Gasteiger partial charge is 0.309 e. The van der Waals surface area contributed by atoms with Crippen LogP contribution in [0.15, 0.2) is 155 Å². The van der Waals surface area contributed by atoms with Gasteiger partial charge in [0.2, 0.25) is 0 Å². The second kappa shape index (κ2) is 11.0. The Morgan fingerprint density at radius 3 is 1.69 bits per heavy atom. The van der Waals surface area contributed by atoms with E-state index >= 15 is 4.57 Å². The van der Waals surface area contributed by atoms with Crippen LogP contribution in [0.3, 0.4) is 0 Å². The van der Waals surface area contributed by atoms with Crippen LogP contribution in [0.25, 0.3) is 45.3 Å². The van der Waals surface area contributed by atoms with E-state index in [0.29, 0.717) is 17.5 Å². The van der Waals surface area contributed by atoms with Crippen molar-refractivity contribution in [2.45, 2.75) is 29.1 Å². The van der Waals surface area contributed by atoms with Crippen molar-refractivity contribution in [2.75, 3.05) is 0 Å². The number of nitrogens with zero attached hydrogens (tertiary/aromatic N) is 3. The predicted octanol–water partition coefficient (Wildman–Crippen LogP) is 9.28. The molecule has 0 fully saturated rings. The topological polar surface area (TPSA) is 55.7 Å². The average molecular weight is 656 g/mol. The molecule has 48 heavy (non-hydrogen) atoms. The molecule has 0 N–H and O–H groups in total. The molecule has 2 heterocycles. The molecule has 0 spiro atoms. The normalized spacial score (nSPS) is 16.8. The first-order chi connectivity index (χ1) is 23.4. The molecule has 1 aromatic heterocycles. The monoisotopic (exact) mass is 655 g/mol. The molecule has 1 aliphatic heterocycles. The lowest BCUT2D eigenvalue weighted by Crippen LogP contribution is -2.31. The second-order valence-electron chi connectivity index (χ2n) is 12.8. The molecule has 0 saturated carbocycles. The molecule has 1 atom stereocenters. The number of hydrogen-bond acceptors (Lipinski definition) is 5. The van der Waals surface area contributed by atoms with E-state index in [1.165, 1.54) is 22.3 Å². The molecule has 230 valence electrons. The highest BCUT2D eigenvalue weighted by molar-refractivity contribution is 8.02. The molecule has 1 aliphatic carbocycles. The van der Waals surface area contributed by atoms with Crippen molar-refractivity contribution in [1.82, 2.24) is 15.0 Å². The molecule has 6 heteroatoms. The SMILES string of the molecule is CC1(C)c2cc(-c3nc(-c4ccccc4)nc(-c4ccccc4)n3)ccc2-c2cc3c(cc21)P(=O)(c1ccccc1)c1ccccc1S3. The summed E-state index contributed by atoms with van der Waals surface area (Å²) in [6, 6.07) is 49.4. The van der Waals surface area contributed by atoms with Crippen LogP contribution in [-0.2, 0) is 9.98 Å². The zero-order valence-electron chi connectivity index (χ0n) is 26.5. The molecule has 2 aliphatic rings. The summed E-state index contributed by atoms with van der Waals surface area (Å²) in [5.41, 5.74) is 7.27. The summed E-state index contributed by atoms with van der Waals surface area (Å²) in [6.07, 6.45) is 0. The Morgan fingerprint density at radius 1 is 0.500 bits per heavy atom. The minimum atomic E-state index is -3.10. The van der Waals surface area contributed by atoms with Gasteiger partial charge in [0.15, 0.2) is 24.6 Å². The van der Waals surface area contributed by atoms with Crippen molar-refractivity contribution in [3.05, 3.63) is 157 Å². The van der Waals surface area contributed by atoms with E-state index in [9.17, 15) is 0 Å². The second-order valence-corrected chi connectivity index (χ2v) is 16.6. The van der Waals surface area contributed by atoms with Crippen LogP contribution in [0.1, 0.15) is 25.0 Å². The van der Waals surface area contributed by atoms with Gasteiger partial charge in [-0.3, -0.25) is 0 Å². The molecule has 4 nitrogen and oxygen atoms in total. The van der Waals surface area contributed by atoms with E-state index in [0.717, 1.165) is 42.4 Å². The van der Waals surface area contributed by atoms with Crippen molar-refractivity contribution < 1.29 is 4.57 Å². The van der Waals surface area contributed by atoms with Gasteiger partial charge in [0.05, 0.1) is 0 Å². The average Bonchev–Trinajstić information content (AvgIpc) is 3.36. The van der Waals surface area contributed by atoms with E-state index in [-0.39, 0.29) is 5.41 Å². The van der Waals surface area contributed by atoms with E-state index in [4.69, 9.17) is 15.0 Å². The van der Waals surface area contributed by atoms with Gasteiger partial charge in [0, 0.05) is 47.8 Å². The van der Waals surface area contributed by atoms with Gasteiger partial charge in [-0.2, -0.15) is 0 Å². The maximum absolute atomic E-state index is 15.5. The van der Waals surface area contributed by atoms with Crippen LogP contribution in [0.5, 0.6) is 0 Å². The zero-order chi connectivity index (χ0) is 32.5. The smallest absolute Gasteiger partial charge is 0.173 e. The van der Waals surface area contributed by atoms with Gasteiger partial charge in [0.25, 0.3) is 0 Å². The van der Waals surface area contributed by atoms with Gasteiger partial charge in [-0.05, 0) is 52.6 Å². The zero-order valence-corrected chi connectivity index (χ0v) is 28.2. The van der Waals surface area contributed by atoms with Crippen LogP contribution in [0, 0.1) is 0 Å². The molecule has 9 rings (SSSR count). The molecule has 0 amide bonds. The first-order valence-corrected chi connectivity index (χ1v) is 18.6. The van der Waals surface area contributed by atoms with Crippen LogP contribution in [-0.4, -0.2) is 15.0 Å². The van der Waals surface area contributed by atoms with Crippen molar-refractivity contribution in [1.29, 1.82) is 0 Å². The Balaban J connectivity index is 1.20. The summed E-state index contributed by atoms with van der Waals surface area (Å²) in [6.45, 7) is 4.53. The molecule has 6 aromatic carbocycles. The quantitative estimate of drug-likeness (QED) is 0.177. The molecular weight excluding hydrogens is 626 g/mol. The molecule has 7 aromatic rings. The third-order valence-corrected chi connectivity index (χ3v) is 14.2. The van der Waals surface area contributed by atoms with Crippen LogP contribution in [0.2, 0.25) is 0 Å². The Morgan fingerprint density at radius 2 is 1.04 bits per heavy atom. The number of hydrogen-bond donors (Lipinski definition) is 0. The lowest BCUT2D eigenvalue weighted by atomic mass is 9.82. The van der Waals surface area contributed by atoms with Gasteiger partial charge in [-0.15, -0.1) is 0 Å². The van der Waals surface area contributed by atoms with Crippen molar-refractivity contribution in [3.63, 3.8) is 0 Å². The van der Waals surface area contributed by atoms with Crippen LogP contribution in [0.4, 0.5) is 0 Å². The number of aromatic nitrogens is 3. The molecular formula is C42H30N3OPS. The van der Waals surface area contributed by atoms with Gasteiger partial charge in [-0.1, -0.05) is 141 Å². The molecule has 0 radical (unpaired) electrons. The summed E-state index contributed by atoms with van der Waals surface area (Å²) in [7, 11) is -3.10. The number of rotatable bonds is 4. The number of fused-ring (bicyclic) bond motifs is 5. The van der Waals surface area contributed by atoms with E-state index in [2.05, 4.69) is 50.2 Å². The lowest BCUT2D eigenvalue weighted by Gasteiger charge is -2.31. The van der Waals surface area contributed by atoms with Crippen molar-refractivity contribution >= 4 is 34.8 Å². The fraction of sp³-hybridized carbons (Fsp3) is 0.0714. The number of benzene rings is 6. The van der Waals surface area contributed by atoms with E-state index in [1.807, 2.05) is 109 Å². The fourth-order valence-corrected chi connectivity index (χ4v) is 11.8. The van der Waals surface area contributed by atoms with Crippen LogP contribution < -0.4 is 15.9 Å². The molecule has 1 unspecified atom stereocenters. The van der Waals surface area contributed by atoms with E-state index < -0.39 is 7.14 Å². The summed E-state index contributed by atoms with van der Waals surface area (Å²) in [5, 5.41) is 2.71. The Hall–Kier alpha value is -5.09. The molecule has 0 saturated heterocycles. The fourth-order valence-electron chi connectivity index (χ4n) is 7.12. The Kier molecular flexibility index (Phi) is 6.65. The molecule has 0 bridgehead atoms. The van der Waals surface area contributed by atoms with Crippen molar-refractivity contribution in [3.8, 4) is 45.3 Å². The van der Waals surface area contributed by atoms with E-state index in [1.54, 1.807) is 11.8 Å². The van der Waals surface area contributed by atoms with Gasteiger partial charge in [-0.25, -0.2) is 15.0 Å². The minimum absolute atomic E-state index is 0.337. The summed E-state index contributed by atoms with van der Waals surface area (Å²) < 4.78 is 15.5. The highest BCUT2D eigenvalue weighted by Crippen LogP contribution is 2.56. The first-order valence-electron chi connectivity index (χ1n) is 16.1. The van der Waals surface area contributed by atoms with Crippen molar-refractivity contribution in [2.24, 2.45) is 0 Å². The van der Waals surface area contributed by atoms with Crippen LogP contribution >= 0.6 is 18.9 Å². The summed E-state index contributed by atoms with van der Waals surface area (Å²) >= 11 is 1.72. The maximum Gasteiger partial charge on any atom is 0.173 e. The highest BCUT2D eigenvalue weighted by atomic mass is 32.2. The summed E-state index contributed by atoms with van der Waals surface area (Å²) in [4.78, 5) is 17.0. The highest BCUT2D eigenvalue weighted by Gasteiger charge is 2.42. The van der Waals surface area contributed by atoms with Gasteiger partial charge < -0.3 is 4.57 Å².